The lowest BCUT2D eigenvalue weighted by Gasteiger charge is -2.12. The van der Waals surface area contributed by atoms with Gasteiger partial charge in [0.25, 0.3) is 11.3 Å². The maximum Gasteiger partial charge on any atom is 0.266 e. The highest BCUT2D eigenvalue weighted by atomic mass is 19.1. The van der Waals surface area contributed by atoms with Gasteiger partial charge in [0.1, 0.15) is 23.2 Å². The third kappa shape index (κ3) is 4.90. The maximum absolute atomic E-state index is 13.6. The number of aromatic nitrogens is 3. The van der Waals surface area contributed by atoms with Gasteiger partial charge in [-0.3, -0.25) is 14.2 Å². The molecule has 0 saturated heterocycles. The number of benzene rings is 2. The van der Waals surface area contributed by atoms with Crippen molar-refractivity contribution in [2.45, 2.75) is 26.4 Å². The molecule has 0 bridgehead atoms. The van der Waals surface area contributed by atoms with E-state index in [1.54, 1.807) is 25.3 Å². The van der Waals surface area contributed by atoms with E-state index in [0.717, 1.165) is 5.56 Å². The maximum atomic E-state index is 13.6. The fourth-order valence-electron chi connectivity index (χ4n) is 3.48. The summed E-state index contributed by atoms with van der Waals surface area (Å²) in [6, 6.07) is 11.1. The largest absolute Gasteiger partial charge is 0.493 e. The van der Waals surface area contributed by atoms with Crippen molar-refractivity contribution in [3.8, 4) is 22.8 Å². The third-order valence-electron chi connectivity index (χ3n) is 5.16. The summed E-state index contributed by atoms with van der Waals surface area (Å²) in [7, 11) is 1.55. The molecule has 0 spiro atoms. The number of amides is 1. The Labute approximate surface area is 194 Å². The predicted octanol–water partition coefficient (Wildman–Crippen LogP) is 3.30. The molecule has 0 aliphatic rings. The van der Waals surface area contributed by atoms with Gasteiger partial charge in [0.05, 0.1) is 13.7 Å². The molecule has 0 atom stereocenters. The fourth-order valence-corrected chi connectivity index (χ4v) is 3.48. The average Bonchev–Trinajstić information content (AvgIpc) is 3.28. The standard InChI is InChI=1S/C24H23FN4O5/c1-3-33-18-8-7-15(11-19(18)32-2)13-26-20(30)9-10-29-14-27-23-21(24(29)31)22(28-34-23)16-5-4-6-17(25)12-16/h4-8,11-12,14H,3,9-10,13H2,1-2H3,(H,26,30). The highest BCUT2D eigenvalue weighted by Crippen LogP contribution is 2.28. The van der Waals surface area contributed by atoms with Crippen molar-refractivity contribution >= 4 is 17.0 Å². The molecule has 0 fully saturated rings. The molecule has 4 aromatic rings. The van der Waals surface area contributed by atoms with Gasteiger partial charge in [0.15, 0.2) is 11.5 Å². The molecule has 34 heavy (non-hydrogen) atoms. The number of ether oxygens (including phenoxy) is 2. The first-order chi connectivity index (χ1) is 16.5. The summed E-state index contributed by atoms with van der Waals surface area (Å²) in [5.41, 5.74) is 1.08. The second kappa shape index (κ2) is 10.2. The molecule has 2 heterocycles. The molecule has 0 aliphatic heterocycles. The number of carbonyl (C=O) groups excluding carboxylic acids is 1. The van der Waals surface area contributed by atoms with E-state index in [1.807, 2.05) is 13.0 Å². The van der Waals surface area contributed by atoms with Crippen molar-refractivity contribution in [2.75, 3.05) is 13.7 Å². The first-order valence-electron chi connectivity index (χ1n) is 10.7. The highest BCUT2D eigenvalue weighted by molar-refractivity contribution is 5.88. The van der Waals surface area contributed by atoms with Gasteiger partial charge < -0.3 is 19.3 Å². The van der Waals surface area contributed by atoms with Crippen LogP contribution >= 0.6 is 0 Å². The van der Waals surface area contributed by atoms with E-state index in [0.29, 0.717) is 30.2 Å². The molecular weight excluding hydrogens is 443 g/mol. The molecule has 0 saturated carbocycles. The number of hydrogen-bond acceptors (Lipinski definition) is 7. The minimum absolute atomic E-state index is 0.0504. The van der Waals surface area contributed by atoms with Crippen LogP contribution in [0.4, 0.5) is 4.39 Å². The molecule has 0 aliphatic carbocycles. The molecule has 1 amide bonds. The van der Waals surface area contributed by atoms with Gasteiger partial charge in [-0.2, -0.15) is 0 Å². The number of methoxy groups -OCH3 is 1. The van der Waals surface area contributed by atoms with Crippen LogP contribution in [0, 0.1) is 5.82 Å². The fraction of sp³-hybridized carbons (Fsp3) is 0.250. The van der Waals surface area contributed by atoms with Gasteiger partial charge in [-0.05, 0) is 36.8 Å². The summed E-state index contributed by atoms with van der Waals surface area (Å²) in [4.78, 5) is 29.5. The van der Waals surface area contributed by atoms with Gasteiger partial charge in [-0.25, -0.2) is 9.37 Å². The molecule has 0 unspecified atom stereocenters. The lowest BCUT2D eigenvalue weighted by molar-refractivity contribution is -0.121. The van der Waals surface area contributed by atoms with Crippen LogP contribution in [0.5, 0.6) is 11.5 Å². The second-order valence-electron chi connectivity index (χ2n) is 7.41. The predicted molar refractivity (Wildman–Crippen MR) is 122 cm³/mol. The number of nitrogens with one attached hydrogen (secondary N) is 1. The number of carbonyl (C=O) groups is 1. The van der Waals surface area contributed by atoms with E-state index >= 15 is 0 Å². The van der Waals surface area contributed by atoms with Crippen molar-refractivity contribution < 1.29 is 23.2 Å². The zero-order valence-corrected chi connectivity index (χ0v) is 18.7. The van der Waals surface area contributed by atoms with Gasteiger partial charge in [0.2, 0.25) is 5.91 Å². The number of nitrogens with zero attached hydrogens (tertiary/aromatic N) is 3. The second-order valence-corrected chi connectivity index (χ2v) is 7.41. The Bertz CT molecular complexity index is 1380. The molecule has 1 N–H and O–H groups in total. The van der Waals surface area contributed by atoms with Crippen LogP contribution in [-0.4, -0.2) is 34.3 Å². The topological polar surface area (TPSA) is 108 Å². The van der Waals surface area contributed by atoms with E-state index in [9.17, 15) is 14.0 Å². The molecule has 10 heteroatoms. The van der Waals surface area contributed by atoms with Crippen LogP contribution in [0.3, 0.4) is 0 Å². The zero-order chi connectivity index (χ0) is 24.1. The van der Waals surface area contributed by atoms with Gasteiger partial charge in [0, 0.05) is 25.1 Å². The van der Waals surface area contributed by atoms with E-state index in [1.165, 1.54) is 29.1 Å². The summed E-state index contributed by atoms with van der Waals surface area (Å²) >= 11 is 0. The Morgan fingerprint density at radius 2 is 2.06 bits per heavy atom. The SMILES string of the molecule is CCOc1ccc(CNC(=O)CCn2cnc3onc(-c4cccc(F)c4)c3c2=O)cc1OC. The Kier molecular flexibility index (Phi) is 6.86. The van der Waals surface area contributed by atoms with Crippen LogP contribution in [-0.2, 0) is 17.9 Å². The van der Waals surface area contributed by atoms with Crippen LogP contribution in [0.1, 0.15) is 18.9 Å². The Morgan fingerprint density at radius 3 is 2.82 bits per heavy atom. The molecule has 2 aromatic heterocycles. The van der Waals surface area contributed by atoms with Crippen molar-refractivity contribution in [1.82, 2.24) is 20.0 Å². The minimum Gasteiger partial charge on any atom is -0.493 e. The summed E-state index contributed by atoms with van der Waals surface area (Å²) in [5.74, 6) is 0.520. The molecular formula is C24H23FN4O5. The first kappa shape index (κ1) is 23.0. The highest BCUT2D eigenvalue weighted by Gasteiger charge is 2.18. The number of hydrogen-bond donors (Lipinski definition) is 1. The minimum atomic E-state index is -0.459. The van der Waals surface area contributed by atoms with Crippen LogP contribution in [0.2, 0.25) is 0 Å². The normalized spacial score (nSPS) is 10.9. The quantitative estimate of drug-likeness (QED) is 0.403. The summed E-state index contributed by atoms with van der Waals surface area (Å²) < 4.78 is 30.9. The van der Waals surface area contributed by atoms with Crippen molar-refractivity contribution in [3.63, 3.8) is 0 Å². The Hall–Kier alpha value is -4.21. The van der Waals surface area contributed by atoms with Crippen LogP contribution in [0.15, 0.2) is 58.1 Å². The van der Waals surface area contributed by atoms with Crippen molar-refractivity contribution in [3.05, 3.63) is 70.5 Å². The van der Waals surface area contributed by atoms with Crippen molar-refractivity contribution in [2.24, 2.45) is 0 Å². The number of halogens is 1. The number of fused-ring (bicyclic) bond motifs is 1. The van der Waals surface area contributed by atoms with Gasteiger partial charge in [-0.1, -0.05) is 23.4 Å². The number of aryl methyl sites for hydroxylation is 1. The summed E-state index contributed by atoms with van der Waals surface area (Å²) in [6.07, 6.45) is 1.36. The zero-order valence-electron chi connectivity index (χ0n) is 18.7. The monoisotopic (exact) mass is 466 g/mol. The van der Waals surface area contributed by atoms with E-state index < -0.39 is 11.4 Å². The molecule has 9 nitrogen and oxygen atoms in total. The Morgan fingerprint density at radius 1 is 1.21 bits per heavy atom. The van der Waals surface area contributed by atoms with E-state index in [2.05, 4.69) is 15.5 Å². The summed E-state index contributed by atoms with van der Waals surface area (Å²) in [5, 5.41) is 6.84. The molecule has 176 valence electrons. The van der Waals surface area contributed by atoms with Gasteiger partial charge in [-0.15, -0.1) is 0 Å². The van der Waals surface area contributed by atoms with E-state index in [-0.39, 0.29) is 35.7 Å². The lowest BCUT2D eigenvalue weighted by Crippen LogP contribution is -2.27. The summed E-state index contributed by atoms with van der Waals surface area (Å²) in [6.45, 7) is 2.81. The van der Waals surface area contributed by atoms with Crippen LogP contribution < -0.4 is 20.3 Å². The smallest absolute Gasteiger partial charge is 0.266 e. The third-order valence-corrected chi connectivity index (χ3v) is 5.16. The van der Waals surface area contributed by atoms with Crippen molar-refractivity contribution in [1.29, 1.82) is 0 Å². The molecule has 0 radical (unpaired) electrons. The van der Waals surface area contributed by atoms with Gasteiger partial charge >= 0.3 is 0 Å². The average molecular weight is 466 g/mol. The molecule has 4 rings (SSSR count). The lowest BCUT2D eigenvalue weighted by atomic mass is 10.1. The Balaban J connectivity index is 1.43. The van der Waals surface area contributed by atoms with E-state index in [4.69, 9.17) is 14.0 Å². The number of rotatable bonds is 9. The first-order valence-corrected chi connectivity index (χ1v) is 10.7. The van der Waals surface area contributed by atoms with Crippen LogP contribution in [0.25, 0.3) is 22.4 Å². The molecule has 2 aromatic carbocycles.